The lowest BCUT2D eigenvalue weighted by Crippen LogP contribution is -1.86. The third kappa shape index (κ3) is 4.58. The van der Waals surface area contributed by atoms with Gasteiger partial charge in [0, 0.05) is 12.2 Å². The third-order valence-electron chi connectivity index (χ3n) is 0.635. The zero-order valence-corrected chi connectivity index (χ0v) is 5.02. The number of carbonyl (C=O) groups is 2. The lowest BCUT2D eigenvalue weighted by Gasteiger charge is -1.82. The summed E-state index contributed by atoms with van der Waals surface area (Å²) in [5, 5.41) is 16.6. The smallest absolute Gasteiger partial charge is 0.328 e. The van der Waals surface area contributed by atoms with Crippen LogP contribution in [-0.2, 0) is 9.59 Å². The molecule has 4 heteroatoms. The van der Waals surface area contributed by atoms with Crippen molar-refractivity contribution in [2.24, 2.45) is 0 Å². The van der Waals surface area contributed by atoms with Gasteiger partial charge in [0.2, 0.25) is 0 Å². The molecule has 0 rings (SSSR count). The molecule has 0 aliphatic rings. The van der Waals surface area contributed by atoms with Crippen LogP contribution in [0.25, 0.3) is 0 Å². The Morgan fingerprint density at radius 3 is 2.20 bits per heavy atom. The molecule has 0 aromatic rings. The predicted molar refractivity (Wildman–Crippen MR) is 33.6 cm³/mol. The molecule has 0 saturated carbocycles. The van der Waals surface area contributed by atoms with Crippen molar-refractivity contribution in [2.75, 3.05) is 0 Å². The van der Waals surface area contributed by atoms with Crippen molar-refractivity contribution in [2.45, 2.75) is 0 Å². The van der Waals surface area contributed by atoms with Crippen LogP contribution < -0.4 is 0 Å². The van der Waals surface area contributed by atoms with E-state index in [-0.39, 0.29) is 5.76 Å². The van der Waals surface area contributed by atoms with Crippen LogP contribution in [0.2, 0.25) is 0 Å². The first-order valence-corrected chi connectivity index (χ1v) is 2.42. The number of carboxylic acid groups (broad SMARTS) is 1. The van der Waals surface area contributed by atoms with E-state index in [1.165, 1.54) is 0 Å². The van der Waals surface area contributed by atoms with Crippen LogP contribution in [0.15, 0.2) is 24.0 Å². The largest absolute Gasteiger partial charge is 0.508 e. The minimum absolute atomic E-state index is 0.363. The predicted octanol–water partition coefficient (Wildman–Crippen LogP) is 0.268. The molecule has 0 spiro atoms. The van der Waals surface area contributed by atoms with Crippen LogP contribution in [0.4, 0.5) is 0 Å². The van der Waals surface area contributed by atoms with Gasteiger partial charge in [-0.15, -0.1) is 0 Å². The van der Waals surface area contributed by atoms with Gasteiger partial charge in [0.25, 0.3) is 0 Å². The number of rotatable bonds is 3. The number of hydrogen-bond acceptors (Lipinski definition) is 3. The zero-order chi connectivity index (χ0) is 7.98. The van der Waals surface area contributed by atoms with E-state index in [9.17, 15) is 9.59 Å². The standard InChI is InChI=1S/C6H6O4/c7-4-3-5(8)1-2-6(9)10/h1-4,8H,(H,9,10). The van der Waals surface area contributed by atoms with Crippen molar-refractivity contribution < 1.29 is 19.8 Å². The van der Waals surface area contributed by atoms with Crippen molar-refractivity contribution in [3.63, 3.8) is 0 Å². The van der Waals surface area contributed by atoms with Gasteiger partial charge in [-0.1, -0.05) is 0 Å². The van der Waals surface area contributed by atoms with Crippen LogP contribution in [0, 0.1) is 0 Å². The number of hydrogen-bond donors (Lipinski definition) is 2. The van der Waals surface area contributed by atoms with Crippen LogP contribution in [0.3, 0.4) is 0 Å². The maximum atomic E-state index is 9.79. The van der Waals surface area contributed by atoms with Crippen molar-refractivity contribution in [1.82, 2.24) is 0 Å². The maximum Gasteiger partial charge on any atom is 0.328 e. The second kappa shape index (κ2) is 4.31. The first-order chi connectivity index (χ1) is 4.66. The summed E-state index contributed by atoms with van der Waals surface area (Å²) >= 11 is 0. The lowest BCUT2D eigenvalue weighted by molar-refractivity contribution is -0.131. The Bertz CT molecular complexity index is 190. The topological polar surface area (TPSA) is 74.6 Å². The molecule has 0 atom stereocenters. The highest BCUT2D eigenvalue weighted by molar-refractivity contribution is 5.80. The minimum atomic E-state index is -1.18. The van der Waals surface area contributed by atoms with Gasteiger partial charge in [-0.2, -0.15) is 0 Å². The molecule has 0 aromatic heterocycles. The van der Waals surface area contributed by atoms with Gasteiger partial charge >= 0.3 is 5.97 Å². The van der Waals surface area contributed by atoms with E-state index in [0.29, 0.717) is 6.29 Å². The molecule has 0 unspecified atom stereocenters. The Morgan fingerprint density at radius 1 is 1.20 bits per heavy atom. The Labute approximate surface area is 57.1 Å². The second-order valence-corrected chi connectivity index (χ2v) is 1.40. The molecule has 54 valence electrons. The van der Waals surface area contributed by atoms with Gasteiger partial charge in [0.1, 0.15) is 12.0 Å². The Morgan fingerprint density at radius 2 is 1.80 bits per heavy atom. The number of aliphatic hydroxyl groups excluding tert-OH is 1. The first kappa shape index (κ1) is 8.42. The highest BCUT2D eigenvalue weighted by Crippen LogP contribution is 1.87. The van der Waals surface area contributed by atoms with Crippen molar-refractivity contribution in [3.8, 4) is 0 Å². The molecule has 0 saturated heterocycles. The summed E-state index contributed by atoms with van der Waals surface area (Å²) in [6, 6.07) is 0. The molecule has 0 aliphatic carbocycles. The molecule has 0 fully saturated rings. The van der Waals surface area contributed by atoms with Gasteiger partial charge in [-0.05, 0) is 6.08 Å². The van der Waals surface area contributed by atoms with Crippen LogP contribution in [-0.4, -0.2) is 22.5 Å². The number of aliphatic hydroxyl groups is 1. The molecule has 0 heterocycles. The number of allylic oxidation sites excluding steroid dienone is 2. The molecular weight excluding hydrogens is 136 g/mol. The molecule has 10 heavy (non-hydrogen) atoms. The van der Waals surface area contributed by atoms with Crippen molar-refractivity contribution in [1.29, 1.82) is 0 Å². The van der Waals surface area contributed by atoms with E-state index < -0.39 is 5.97 Å². The molecule has 0 bridgehead atoms. The van der Waals surface area contributed by atoms with Gasteiger partial charge in [-0.25, -0.2) is 4.79 Å². The quantitative estimate of drug-likeness (QED) is 0.256. The Balaban J connectivity index is 4.01. The number of carboxylic acids is 1. The molecule has 0 aliphatic heterocycles. The summed E-state index contributed by atoms with van der Waals surface area (Å²) < 4.78 is 0. The fraction of sp³-hybridized carbons (Fsp3) is 0. The molecular formula is C6H6O4. The summed E-state index contributed by atoms with van der Waals surface area (Å²) in [4.78, 5) is 19.4. The second-order valence-electron chi connectivity index (χ2n) is 1.40. The summed E-state index contributed by atoms with van der Waals surface area (Å²) in [5.74, 6) is -1.55. The van der Waals surface area contributed by atoms with E-state index >= 15 is 0 Å². The monoisotopic (exact) mass is 142 g/mol. The highest BCUT2D eigenvalue weighted by Gasteiger charge is 1.86. The molecule has 2 N–H and O–H groups in total. The Kier molecular flexibility index (Phi) is 3.63. The van der Waals surface area contributed by atoms with E-state index in [4.69, 9.17) is 10.2 Å². The van der Waals surface area contributed by atoms with E-state index in [1.54, 1.807) is 0 Å². The molecule has 0 radical (unpaired) electrons. The number of aliphatic carboxylic acids is 1. The summed E-state index contributed by atoms with van der Waals surface area (Å²) in [5.41, 5.74) is 0. The van der Waals surface area contributed by atoms with E-state index in [1.807, 2.05) is 0 Å². The third-order valence-corrected chi connectivity index (χ3v) is 0.635. The lowest BCUT2D eigenvalue weighted by atomic mass is 10.4. The number of aldehydes is 1. The zero-order valence-electron chi connectivity index (χ0n) is 5.02. The van der Waals surface area contributed by atoms with E-state index in [2.05, 4.69) is 0 Å². The normalized spacial score (nSPS) is 11.8. The molecule has 4 nitrogen and oxygen atoms in total. The number of carbonyl (C=O) groups excluding carboxylic acids is 1. The summed E-state index contributed by atoms with van der Waals surface area (Å²) in [6.07, 6.45) is 2.85. The fourth-order valence-electron chi connectivity index (χ4n) is 0.282. The minimum Gasteiger partial charge on any atom is -0.508 e. The first-order valence-electron chi connectivity index (χ1n) is 2.42. The van der Waals surface area contributed by atoms with Crippen LogP contribution >= 0.6 is 0 Å². The summed E-state index contributed by atoms with van der Waals surface area (Å²) in [7, 11) is 0. The molecule has 0 amide bonds. The molecule has 0 aromatic carbocycles. The van der Waals surface area contributed by atoms with Gasteiger partial charge < -0.3 is 10.2 Å². The maximum absolute atomic E-state index is 9.79. The fourth-order valence-corrected chi connectivity index (χ4v) is 0.282. The summed E-state index contributed by atoms with van der Waals surface area (Å²) in [6.45, 7) is 0. The van der Waals surface area contributed by atoms with Gasteiger partial charge in [0.05, 0.1) is 0 Å². The average molecular weight is 142 g/mol. The Hall–Kier alpha value is -1.58. The van der Waals surface area contributed by atoms with Crippen molar-refractivity contribution in [3.05, 3.63) is 24.0 Å². The van der Waals surface area contributed by atoms with Crippen molar-refractivity contribution >= 4 is 12.3 Å². The highest BCUT2D eigenvalue weighted by atomic mass is 16.4. The van der Waals surface area contributed by atoms with Gasteiger partial charge in [-0.3, -0.25) is 4.79 Å². The van der Waals surface area contributed by atoms with E-state index in [0.717, 1.165) is 18.2 Å². The SMILES string of the molecule is O=CC=C(O)C=CC(=O)O. The van der Waals surface area contributed by atoms with Crippen LogP contribution in [0.5, 0.6) is 0 Å². The van der Waals surface area contributed by atoms with Gasteiger partial charge in [0.15, 0.2) is 0 Å². The average Bonchev–Trinajstić information content (AvgIpc) is 1.85. The van der Waals surface area contributed by atoms with Crippen LogP contribution in [0.1, 0.15) is 0 Å².